The summed E-state index contributed by atoms with van der Waals surface area (Å²) in [5.74, 6) is 0.714. The molecule has 2 atom stereocenters. The zero-order valence-corrected chi connectivity index (χ0v) is 17.5. The van der Waals surface area contributed by atoms with Crippen LogP contribution in [0.3, 0.4) is 0 Å². The standard InChI is InChI=1S/C22H29NO4S/c1-5-6-22(24)18(3)28(25,26)23(15-19-9-7-17(2)8-10-19)16-20-11-13-21(27-4)14-12-20/h5,7-14,18,22,24H,1,6,15-16H2,2-4H3/t18-,22-/m1/s1. The maximum Gasteiger partial charge on any atom is 0.219 e. The highest BCUT2D eigenvalue weighted by molar-refractivity contribution is 7.89. The Morgan fingerprint density at radius 3 is 2.04 bits per heavy atom. The van der Waals surface area contributed by atoms with Crippen LogP contribution in [-0.2, 0) is 23.1 Å². The number of ether oxygens (including phenoxy) is 1. The lowest BCUT2D eigenvalue weighted by molar-refractivity contribution is 0.172. The summed E-state index contributed by atoms with van der Waals surface area (Å²) in [5.41, 5.74) is 2.86. The van der Waals surface area contributed by atoms with E-state index < -0.39 is 21.4 Å². The van der Waals surface area contributed by atoms with Crippen molar-refractivity contribution in [1.82, 2.24) is 4.31 Å². The van der Waals surface area contributed by atoms with E-state index in [1.807, 2.05) is 55.5 Å². The highest BCUT2D eigenvalue weighted by Crippen LogP contribution is 2.22. The van der Waals surface area contributed by atoms with Gasteiger partial charge in [0, 0.05) is 13.1 Å². The van der Waals surface area contributed by atoms with Crippen LogP contribution in [0.25, 0.3) is 0 Å². The molecule has 152 valence electrons. The summed E-state index contributed by atoms with van der Waals surface area (Å²) in [5, 5.41) is 9.31. The van der Waals surface area contributed by atoms with Gasteiger partial charge in [-0.15, -0.1) is 6.58 Å². The van der Waals surface area contributed by atoms with E-state index in [2.05, 4.69) is 6.58 Å². The molecule has 1 N–H and O–H groups in total. The largest absolute Gasteiger partial charge is 0.497 e. The third-order valence-electron chi connectivity index (χ3n) is 4.78. The van der Waals surface area contributed by atoms with E-state index in [1.165, 1.54) is 10.4 Å². The predicted molar refractivity (Wildman–Crippen MR) is 113 cm³/mol. The Labute approximate surface area is 168 Å². The molecule has 2 rings (SSSR count). The lowest BCUT2D eigenvalue weighted by Crippen LogP contribution is -2.42. The fourth-order valence-corrected chi connectivity index (χ4v) is 4.50. The molecule has 0 saturated heterocycles. The predicted octanol–water partition coefficient (Wildman–Crippen LogP) is 3.66. The molecular weight excluding hydrogens is 374 g/mol. The number of hydrogen-bond acceptors (Lipinski definition) is 4. The van der Waals surface area contributed by atoms with Crippen LogP contribution in [0.4, 0.5) is 0 Å². The number of sulfonamides is 1. The smallest absolute Gasteiger partial charge is 0.219 e. The lowest BCUT2D eigenvalue weighted by atomic mass is 10.1. The van der Waals surface area contributed by atoms with Gasteiger partial charge in [-0.1, -0.05) is 48.0 Å². The summed E-state index contributed by atoms with van der Waals surface area (Å²) in [4.78, 5) is 0. The first-order chi connectivity index (χ1) is 13.3. The van der Waals surface area contributed by atoms with Crippen molar-refractivity contribution in [2.45, 2.75) is 44.7 Å². The van der Waals surface area contributed by atoms with Gasteiger partial charge in [-0.25, -0.2) is 8.42 Å². The normalized spacial score (nSPS) is 13.9. The SMILES string of the molecule is C=CC[C@@H](O)[C@@H](C)S(=O)(=O)N(Cc1ccc(C)cc1)Cc1ccc(OC)cc1. The number of rotatable bonds is 10. The van der Waals surface area contributed by atoms with Crippen molar-refractivity contribution in [3.8, 4) is 5.75 Å². The van der Waals surface area contributed by atoms with Crippen LogP contribution in [0, 0.1) is 6.92 Å². The van der Waals surface area contributed by atoms with E-state index in [9.17, 15) is 13.5 Å². The Morgan fingerprint density at radius 1 is 1.07 bits per heavy atom. The van der Waals surface area contributed by atoms with Crippen LogP contribution in [0.2, 0.25) is 0 Å². The van der Waals surface area contributed by atoms with Gasteiger partial charge in [-0.05, 0) is 43.5 Å². The Bertz CT molecular complexity index is 860. The van der Waals surface area contributed by atoms with Gasteiger partial charge in [0.15, 0.2) is 0 Å². The number of nitrogens with zero attached hydrogens (tertiary/aromatic N) is 1. The van der Waals surface area contributed by atoms with Crippen LogP contribution in [0.5, 0.6) is 5.75 Å². The van der Waals surface area contributed by atoms with E-state index in [4.69, 9.17) is 4.74 Å². The molecule has 2 aromatic rings. The molecule has 0 bridgehead atoms. The average Bonchev–Trinajstić information content (AvgIpc) is 2.69. The minimum atomic E-state index is -3.74. The second-order valence-electron chi connectivity index (χ2n) is 6.94. The third kappa shape index (κ3) is 5.67. The Kier molecular flexibility index (Phi) is 7.80. The first kappa shape index (κ1) is 22.1. The fraction of sp³-hybridized carbons (Fsp3) is 0.364. The lowest BCUT2D eigenvalue weighted by Gasteiger charge is -2.28. The summed E-state index contributed by atoms with van der Waals surface area (Å²) in [6.45, 7) is 7.57. The molecule has 0 fully saturated rings. The second-order valence-corrected chi connectivity index (χ2v) is 9.23. The van der Waals surface area contributed by atoms with Crippen molar-refractivity contribution in [2.24, 2.45) is 0 Å². The quantitative estimate of drug-likeness (QED) is 0.615. The molecule has 0 amide bonds. The molecule has 0 unspecified atom stereocenters. The van der Waals surface area contributed by atoms with Crippen LogP contribution in [-0.4, -0.2) is 36.3 Å². The molecule has 6 heteroatoms. The summed E-state index contributed by atoms with van der Waals surface area (Å²) in [6.07, 6.45) is 0.755. The maximum atomic E-state index is 13.3. The molecule has 0 aliphatic heterocycles. The van der Waals surface area contributed by atoms with Crippen molar-refractivity contribution >= 4 is 10.0 Å². The maximum absolute atomic E-state index is 13.3. The third-order valence-corrected chi connectivity index (χ3v) is 7.01. The van der Waals surface area contributed by atoms with Gasteiger partial charge in [-0.3, -0.25) is 0 Å². The topological polar surface area (TPSA) is 66.8 Å². The minimum absolute atomic E-state index is 0.214. The van der Waals surface area contributed by atoms with E-state index in [0.29, 0.717) is 5.75 Å². The molecule has 0 aliphatic rings. The van der Waals surface area contributed by atoms with Crippen molar-refractivity contribution in [3.63, 3.8) is 0 Å². The van der Waals surface area contributed by atoms with E-state index >= 15 is 0 Å². The van der Waals surface area contributed by atoms with Crippen molar-refractivity contribution in [2.75, 3.05) is 7.11 Å². The first-order valence-electron chi connectivity index (χ1n) is 9.24. The number of aliphatic hydroxyl groups excluding tert-OH is 1. The van der Waals surface area contributed by atoms with Gasteiger partial charge in [0.25, 0.3) is 0 Å². The molecule has 0 aromatic heterocycles. The molecule has 0 aliphatic carbocycles. The zero-order valence-electron chi connectivity index (χ0n) is 16.7. The highest BCUT2D eigenvalue weighted by Gasteiger charge is 2.33. The van der Waals surface area contributed by atoms with Gasteiger partial charge in [0.1, 0.15) is 5.75 Å². The summed E-state index contributed by atoms with van der Waals surface area (Å²) >= 11 is 0. The summed E-state index contributed by atoms with van der Waals surface area (Å²) in [6, 6.07) is 15.1. The molecule has 0 spiro atoms. The van der Waals surface area contributed by atoms with Gasteiger partial charge in [0.2, 0.25) is 10.0 Å². The number of methoxy groups -OCH3 is 1. The second kappa shape index (κ2) is 9.87. The summed E-state index contributed by atoms with van der Waals surface area (Å²) in [7, 11) is -2.15. The van der Waals surface area contributed by atoms with Crippen LogP contribution < -0.4 is 4.74 Å². The first-order valence-corrected chi connectivity index (χ1v) is 10.7. The summed E-state index contributed by atoms with van der Waals surface area (Å²) < 4.78 is 33.1. The molecule has 2 aromatic carbocycles. The van der Waals surface area contributed by atoms with E-state index in [-0.39, 0.29) is 19.5 Å². The van der Waals surface area contributed by atoms with Crippen molar-refractivity contribution < 1.29 is 18.3 Å². The van der Waals surface area contributed by atoms with Gasteiger partial charge < -0.3 is 9.84 Å². The fourth-order valence-electron chi connectivity index (χ4n) is 2.86. The van der Waals surface area contributed by atoms with Crippen LogP contribution >= 0.6 is 0 Å². The number of aryl methyl sites for hydroxylation is 1. The van der Waals surface area contributed by atoms with E-state index in [0.717, 1.165) is 16.7 Å². The monoisotopic (exact) mass is 403 g/mol. The number of hydrogen-bond donors (Lipinski definition) is 1. The van der Waals surface area contributed by atoms with Crippen molar-refractivity contribution in [3.05, 3.63) is 77.9 Å². The van der Waals surface area contributed by atoms with Crippen LogP contribution in [0.1, 0.15) is 30.0 Å². The van der Waals surface area contributed by atoms with Gasteiger partial charge in [-0.2, -0.15) is 4.31 Å². The van der Waals surface area contributed by atoms with Crippen molar-refractivity contribution in [1.29, 1.82) is 0 Å². The van der Waals surface area contributed by atoms with E-state index in [1.54, 1.807) is 14.0 Å². The Balaban J connectivity index is 2.32. The number of benzene rings is 2. The Morgan fingerprint density at radius 2 is 1.57 bits per heavy atom. The molecule has 5 nitrogen and oxygen atoms in total. The molecule has 0 saturated carbocycles. The highest BCUT2D eigenvalue weighted by atomic mass is 32.2. The molecule has 0 radical (unpaired) electrons. The minimum Gasteiger partial charge on any atom is -0.497 e. The van der Waals surface area contributed by atoms with Crippen LogP contribution in [0.15, 0.2) is 61.2 Å². The molecule has 0 heterocycles. The average molecular weight is 404 g/mol. The van der Waals surface area contributed by atoms with Gasteiger partial charge >= 0.3 is 0 Å². The zero-order chi connectivity index (χ0) is 20.7. The molecule has 28 heavy (non-hydrogen) atoms. The number of aliphatic hydroxyl groups is 1. The van der Waals surface area contributed by atoms with Gasteiger partial charge in [0.05, 0.1) is 18.5 Å². The molecular formula is C22H29NO4S. The Hall–Kier alpha value is -2.15.